The minimum Gasteiger partial charge on any atom is -0.481 e. The largest absolute Gasteiger partial charge is 0.481 e. The molecular formula is C24H22N8O2. The summed E-state index contributed by atoms with van der Waals surface area (Å²) in [6.45, 7) is 3.69. The normalized spacial score (nSPS) is 11.2. The fourth-order valence-electron chi connectivity index (χ4n) is 3.44. The summed E-state index contributed by atoms with van der Waals surface area (Å²) >= 11 is 0. The molecule has 0 aliphatic carbocycles. The van der Waals surface area contributed by atoms with E-state index in [2.05, 4.69) is 31.3 Å². The molecule has 0 amide bonds. The average Bonchev–Trinajstić information content (AvgIpc) is 3.27. The van der Waals surface area contributed by atoms with Crippen LogP contribution in [0.3, 0.4) is 0 Å². The standard InChI is InChI=1S/C24H22N8O2/c1-24(2,22(33)34)11-16-7-5-8-17(27-16)13-32-14-21(30-31-32)20-10-19(28-23(26)29-20)18-9-4-3-6-15(18)12-25/h3-10,14H,11,13H2,1-2H3,(H,33,34)(H2,26,28,29). The number of nitrogens with two attached hydrogens (primary N) is 1. The molecule has 170 valence electrons. The van der Waals surface area contributed by atoms with Crippen molar-refractivity contribution in [2.75, 3.05) is 5.73 Å². The van der Waals surface area contributed by atoms with Gasteiger partial charge in [-0.1, -0.05) is 29.5 Å². The number of nitrogen functional groups attached to an aromatic ring is 1. The second-order valence-electron chi connectivity index (χ2n) is 8.44. The molecule has 10 heteroatoms. The van der Waals surface area contributed by atoms with Crippen LogP contribution in [0.5, 0.6) is 0 Å². The van der Waals surface area contributed by atoms with E-state index in [0.29, 0.717) is 46.9 Å². The van der Waals surface area contributed by atoms with Crippen LogP contribution in [0.1, 0.15) is 30.8 Å². The first kappa shape index (κ1) is 22.5. The third kappa shape index (κ3) is 4.88. The number of carbonyl (C=O) groups is 1. The van der Waals surface area contributed by atoms with Crippen molar-refractivity contribution in [2.45, 2.75) is 26.8 Å². The predicted octanol–water partition coefficient (Wildman–Crippen LogP) is 2.95. The molecule has 34 heavy (non-hydrogen) atoms. The van der Waals surface area contributed by atoms with E-state index in [-0.39, 0.29) is 5.95 Å². The second kappa shape index (κ2) is 9.07. The Morgan fingerprint density at radius 2 is 1.79 bits per heavy atom. The number of hydrogen-bond acceptors (Lipinski definition) is 8. The fraction of sp³-hybridized carbons (Fsp3) is 0.208. The van der Waals surface area contributed by atoms with E-state index >= 15 is 0 Å². The molecule has 3 N–H and O–H groups in total. The Morgan fingerprint density at radius 1 is 1.06 bits per heavy atom. The minimum absolute atomic E-state index is 0.0604. The summed E-state index contributed by atoms with van der Waals surface area (Å²) < 4.78 is 1.62. The molecule has 0 aliphatic heterocycles. The molecule has 0 atom stereocenters. The Hall–Kier alpha value is -4.65. The van der Waals surface area contributed by atoms with Gasteiger partial charge in [-0.3, -0.25) is 9.78 Å². The van der Waals surface area contributed by atoms with Crippen LogP contribution in [0, 0.1) is 16.7 Å². The molecule has 0 radical (unpaired) electrons. The van der Waals surface area contributed by atoms with Gasteiger partial charge < -0.3 is 10.8 Å². The van der Waals surface area contributed by atoms with Gasteiger partial charge >= 0.3 is 5.97 Å². The highest BCUT2D eigenvalue weighted by Crippen LogP contribution is 2.26. The highest BCUT2D eigenvalue weighted by molar-refractivity contribution is 5.74. The van der Waals surface area contributed by atoms with Crippen molar-refractivity contribution < 1.29 is 9.90 Å². The lowest BCUT2D eigenvalue weighted by atomic mass is 9.88. The van der Waals surface area contributed by atoms with Crippen molar-refractivity contribution in [3.8, 4) is 28.7 Å². The van der Waals surface area contributed by atoms with Crippen LogP contribution >= 0.6 is 0 Å². The number of hydrogen-bond donors (Lipinski definition) is 2. The van der Waals surface area contributed by atoms with Gasteiger partial charge in [-0.15, -0.1) is 5.10 Å². The number of aliphatic carboxylic acids is 1. The van der Waals surface area contributed by atoms with E-state index in [9.17, 15) is 15.2 Å². The summed E-state index contributed by atoms with van der Waals surface area (Å²) in [4.78, 5) is 24.6. The third-order valence-electron chi connectivity index (χ3n) is 5.26. The maximum absolute atomic E-state index is 11.4. The summed E-state index contributed by atoms with van der Waals surface area (Å²) in [6, 6.07) is 16.5. The highest BCUT2D eigenvalue weighted by Gasteiger charge is 2.28. The number of carboxylic acids is 1. The third-order valence-corrected chi connectivity index (χ3v) is 5.26. The maximum atomic E-state index is 11.4. The van der Waals surface area contributed by atoms with Gasteiger partial charge in [0.2, 0.25) is 5.95 Å². The Balaban J connectivity index is 1.58. The van der Waals surface area contributed by atoms with Crippen LogP contribution < -0.4 is 5.73 Å². The first-order chi connectivity index (χ1) is 16.2. The van der Waals surface area contributed by atoms with Gasteiger partial charge in [-0.2, -0.15) is 5.26 Å². The predicted molar refractivity (Wildman–Crippen MR) is 124 cm³/mol. The van der Waals surface area contributed by atoms with Crippen LogP contribution in [0.2, 0.25) is 0 Å². The van der Waals surface area contributed by atoms with Gasteiger partial charge in [0.15, 0.2) is 0 Å². The van der Waals surface area contributed by atoms with Gasteiger partial charge in [0.05, 0.1) is 46.9 Å². The highest BCUT2D eigenvalue weighted by atomic mass is 16.4. The van der Waals surface area contributed by atoms with Crippen molar-refractivity contribution in [1.29, 1.82) is 5.26 Å². The molecule has 4 aromatic rings. The molecule has 4 rings (SSSR count). The van der Waals surface area contributed by atoms with Crippen LogP contribution in [-0.4, -0.2) is 41.0 Å². The number of nitriles is 1. The molecule has 10 nitrogen and oxygen atoms in total. The summed E-state index contributed by atoms with van der Waals surface area (Å²) in [6.07, 6.45) is 2.03. The molecule has 3 aromatic heterocycles. The molecule has 0 bridgehead atoms. The van der Waals surface area contributed by atoms with E-state index in [0.717, 1.165) is 5.69 Å². The minimum atomic E-state index is -0.916. The first-order valence-electron chi connectivity index (χ1n) is 10.5. The zero-order valence-corrected chi connectivity index (χ0v) is 18.7. The summed E-state index contributed by atoms with van der Waals surface area (Å²) in [5, 5.41) is 27.1. The molecule has 0 aliphatic rings. The maximum Gasteiger partial charge on any atom is 0.309 e. The molecular weight excluding hydrogens is 432 g/mol. The van der Waals surface area contributed by atoms with Crippen molar-refractivity contribution in [2.24, 2.45) is 5.41 Å². The van der Waals surface area contributed by atoms with Crippen molar-refractivity contribution in [3.05, 3.63) is 71.7 Å². The molecule has 0 fully saturated rings. The lowest BCUT2D eigenvalue weighted by molar-refractivity contribution is -0.146. The van der Waals surface area contributed by atoms with E-state index < -0.39 is 11.4 Å². The second-order valence-corrected chi connectivity index (χ2v) is 8.44. The number of nitrogens with zero attached hydrogens (tertiary/aromatic N) is 7. The average molecular weight is 454 g/mol. The molecule has 0 unspecified atom stereocenters. The molecule has 0 saturated carbocycles. The van der Waals surface area contributed by atoms with Crippen molar-refractivity contribution >= 4 is 11.9 Å². The number of anilines is 1. The molecule has 1 aromatic carbocycles. The number of benzene rings is 1. The van der Waals surface area contributed by atoms with E-state index in [1.165, 1.54) is 0 Å². The lowest BCUT2D eigenvalue weighted by Gasteiger charge is -2.18. The van der Waals surface area contributed by atoms with Crippen molar-refractivity contribution in [1.82, 2.24) is 29.9 Å². The zero-order chi connectivity index (χ0) is 24.3. The number of carboxylic acid groups (broad SMARTS) is 1. The van der Waals surface area contributed by atoms with Gasteiger partial charge in [-0.05, 0) is 38.1 Å². The Bertz CT molecular complexity index is 1400. The lowest BCUT2D eigenvalue weighted by Crippen LogP contribution is -2.26. The van der Waals surface area contributed by atoms with Crippen LogP contribution in [0.4, 0.5) is 5.95 Å². The quantitative estimate of drug-likeness (QED) is 0.428. The van der Waals surface area contributed by atoms with Crippen molar-refractivity contribution in [3.63, 3.8) is 0 Å². The monoisotopic (exact) mass is 454 g/mol. The smallest absolute Gasteiger partial charge is 0.309 e. The van der Waals surface area contributed by atoms with Crippen LogP contribution in [0.25, 0.3) is 22.6 Å². The van der Waals surface area contributed by atoms with Gasteiger partial charge in [-0.25, -0.2) is 14.6 Å². The molecule has 3 heterocycles. The fourth-order valence-corrected chi connectivity index (χ4v) is 3.44. The first-order valence-corrected chi connectivity index (χ1v) is 10.5. The Morgan fingerprint density at radius 3 is 2.56 bits per heavy atom. The number of aromatic nitrogens is 6. The van der Waals surface area contributed by atoms with E-state index in [1.54, 1.807) is 49.0 Å². The molecule has 0 saturated heterocycles. The van der Waals surface area contributed by atoms with Gasteiger partial charge in [0, 0.05) is 17.7 Å². The number of rotatable bonds is 7. The number of pyridine rings is 1. The Labute approximate surface area is 195 Å². The van der Waals surface area contributed by atoms with Crippen LogP contribution in [0.15, 0.2) is 54.7 Å². The molecule has 0 spiro atoms. The SMILES string of the molecule is CC(C)(Cc1cccc(Cn2cc(-c3cc(-c4ccccc4C#N)nc(N)n3)nn2)n1)C(=O)O. The summed E-state index contributed by atoms with van der Waals surface area (Å²) in [5.41, 5.74) is 9.05. The zero-order valence-electron chi connectivity index (χ0n) is 18.7. The summed E-state index contributed by atoms with van der Waals surface area (Å²) in [7, 11) is 0. The van der Waals surface area contributed by atoms with Gasteiger partial charge in [0.25, 0.3) is 0 Å². The van der Waals surface area contributed by atoms with Crippen LogP contribution in [-0.2, 0) is 17.8 Å². The van der Waals surface area contributed by atoms with E-state index in [1.807, 2.05) is 24.3 Å². The van der Waals surface area contributed by atoms with Gasteiger partial charge in [0.1, 0.15) is 5.69 Å². The Kier molecular flexibility index (Phi) is 6.01. The van der Waals surface area contributed by atoms with E-state index in [4.69, 9.17) is 5.73 Å². The summed E-state index contributed by atoms with van der Waals surface area (Å²) in [5.74, 6) is -0.813. The topological polar surface area (TPSA) is 156 Å².